The van der Waals surface area contributed by atoms with E-state index in [2.05, 4.69) is 13.8 Å². The monoisotopic (exact) mass is 424 g/mol. The van der Waals surface area contributed by atoms with Crippen molar-refractivity contribution in [3.05, 3.63) is 0 Å². The van der Waals surface area contributed by atoms with Gasteiger partial charge in [-0.1, -0.05) is 27.7 Å². The highest BCUT2D eigenvalue weighted by molar-refractivity contribution is 5.79. The van der Waals surface area contributed by atoms with Gasteiger partial charge in [0.05, 0.1) is 6.10 Å². The molecule has 0 spiro atoms. The van der Waals surface area contributed by atoms with E-state index < -0.39 is 30.9 Å². The summed E-state index contributed by atoms with van der Waals surface area (Å²) in [6.45, 7) is 5.61. The van der Waals surface area contributed by atoms with Gasteiger partial charge in [0.15, 0.2) is 0 Å². The summed E-state index contributed by atoms with van der Waals surface area (Å²) in [4.78, 5) is 28.3. The number of ether oxygens (including phenoxy) is 1. The number of carbonyl (C=O) groups excluding carboxylic acids is 2. The Morgan fingerprint density at radius 2 is 1.50 bits per heavy atom. The lowest BCUT2D eigenvalue weighted by Crippen LogP contribution is -2.44. The molecular weight excluding hydrogens is 376 g/mol. The van der Waals surface area contributed by atoms with Gasteiger partial charge in [0, 0.05) is 50.0 Å². The van der Waals surface area contributed by atoms with Gasteiger partial charge in [0.1, 0.15) is 0 Å². The molecule has 2 amide bonds. The summed E-state index contributed by atoms with van der Waals surface area (Å²) in [7, 11) is 0. The van der Waals surface area contributed by atoms with Crippen molar-refractivity contribution in [3.8, 4) is 0 Å². The molecule has 0 aromatic heterocycles. The van der Waals surface area contributed by atoms with Crippen LogP contribution in [0.15, 0.2) is 0 Å². The SMILES string of the molecule is [2H]C1([2H])CC(OCC2CCN(C(=O)C3CCC(C(C)C)CC3)CC2)CC([2H])([2H])N1C(=O)C(C)C. The molecule has 0 radical (unpaired) electrons. The lowest BCUT2D eigenvalue weighted by atomic mass is 9.76. The zero-order valence-corrected chi connectivity index (χ0v) is 19.4. The Bertz CT molecular complexity index is 697. The Hall–Kier alpha value is -1.10. The van der Waals surface area contributed by atoms with Crippen molar-refractivity contribution in [2.24, 2.45) is 29.6 Å². The molecule has 0 N–H and O–H groups in total. The van der Waals surface area contributed by atoms with Gasteiger partial charge in [-0.15, -0.1) is 0 Å². The maximum absolute atomic E-state index is 13.0. The summed E-state index contributed by atoms with van der Waals surface area (Å²) < 4.78 is 39.3. The van der Waals surface area contributed by atoms with Crippen LogP contribution in [0.5, 0.6) is 0 Å². The predicted molar refractivity (Wildman–Crippen MR) is 120 cm³/mol. The lowest BCUT2D eigenvalue weighted by molar-refractivity contribution is -0.140. The summed E-state index contributed by atoms with van der Waals surface area (Å²) in [6, 6.07) is 0. The Labute approximate surface area is 189 Å². The first-order valence-electron chi connectivity index (χ1n) is 14.1. The number of nitrogens with zero attached hydrogens (tertiary/aromatic N) is 2. The van der Waals surface area contributed by atoms with E-state index in [0.29, 0.717) is 18.4 Å². The summed E-state index contributed by atoms with van der Waals surface area (Å²) in [5.41, 5.74) is 0. The van der Waals surface area contributed by atoms with Crippen molar-refractivity contribution in [2.45, 2.75) is 85.2 Å². The first kappa shape index (κ1) is 18.5. The highest BCUT2D eigenvalue weighted by Gasteiger charge is 2.32. The zero-order valence-electron chi connectivity index (χ0n) is 23.4. The van der Waals surface area contributed by atoms with Crippen molar-refractivity contribution in [1.82, 2.24) is 9.80 Å². The van der Waals surface area contributed by atoms with Gasteiger partial charge in [-0.2, -0.15) is 0 Å². The largest absolute Gasteiger partial charge is 0.378 e. The number of hydrogen-bond acceptors (Lipinski definition) is 3. The molecule has 3 rings (SSSR count). The third-order valence-corrected chi connectivity index (χ3v) is 7.23. The molecule has 0 unspecified atom stereocenters. The molecule has 2 heterocycles. The quantitative estimate of drug-likeness (QED) is 0.637. The Kier molecular flexibility index (Phi) is 6.75. The standard InChI is InChI=1S/C25H44N2O3/c1-18(2)21-5-7-22(8-6-21)25(29)27-13-9-20(10-14-27)17-30-23-11-15-26(16-12-23)24(28)19(3)4/h18-23H,5-17H2,1-4H3/i15D2,16D2. The van der Waals surface area contributed by atoms with Crippen molar-refractivity contribution < 1.29 is 19.8 Å². The van der Waals surface area contributed by atoms with Crippen LogP contribution in [0.4, 0.5) is 0 Å². The number of piperidine rings is 2. The van der Waals surface area contributed by atoms with Gasteiger partial charge in [0.25, 0.3) is 0 Å². The van der Waals surface area contributed by atoms with Crippen molar-refractivity contribution >= 4 is 11.8 Å². The molecule has 30 heavy (non-hydrogen) atoms. The molecule has 0 bridgehead atoms. The minimum absolute atomic E-state index is 0.0264. The third-order valence-electron chi connectivity index (χ3n) is 7.23. The molecule has 172 valence electrons. The highest BCUT2D eigenvalue weighted by Crippen LogP contribution is 2.34. The van der Waals surface area contributed by atoms with Crippen LogP contribution >= 0.6 is 0 Å². The van der Waals surface area contributed by atoms with Gasteiger partial charge < -0.3 is 14.5 Å². The van der Waals surface area contributed by atoms with Crippen molar-refractivity contribution in [3.63, 3.8) is 0 Å². The third kappa shape index (κ3) is 6.21. The molecule has 0 atom stereocenters. The number of amides is 2. The molecule has 1 aliphatic carbocycles. The van der Waals surface area contributed by atoms with Gasteiger partial charge in [-0.05, 0) is 69.1 Å². The second kappa shape index (κ2) is 11.0. The Balaban J connectivity index is 1.45. The van der Waals surface area contributed by atoms with Crippen LogP contribution in [0.1, 0.15) is 84.5 Å². The van der Waals surface area contributed by atoms with E-state index in [9.17, 15) is 9.59 Å². The minimum Gasteiger partial charge on any atom is -0.378 e. The minimum atomic E-state index is -2.09. The molecule has 0 aromatic carbocycles. The Morgan fingerprint density at radius 1 is 0.900 bits per heavy atom. The molecule has 1 saturated carbocycles. The average Bonchev–Trinajstić information content (AvgIpc) is 2.76. The second-order valence-corrected chi connectivity index (χ2v) is 10.1. The van der Waals surface area contributed by atoms with Gasteiger partial charge >= 0.3 is 0 Å². The molecule has 3 fully saturated rings. The van der Waals surface area contributed by atoms with Crippen molar-refractivity contribution in [2.75, 3.05) is 32.7 Å². The van der Waals surface area contributed by atoms with Crippen LogP contribution in [0, 0.1) is 29.6 Å². The van der Waals surface area contributed by atoms with Crippen LogP contribution < -0.4 is 0 Å². The fourth-order valence-electron chi connectivity index (χ4n) is 4.93. The first-order valence-corrected chi connectivity index (χ1v) is 12.1. The van der Waals surface area contributed by atoms with E-state index in [1.165, 1.54) is 0 Å². The number of hydrogen-bond donors (Lipinski definition) is 0. The highest BCUT2D eigenvalue weighted by atomic mass is 16.5. The second-order valence-electron chi connectivity index (χ2n) is 10.1. The van der Waals surface area contributed by atoms with E-state index >= 15 is 0 Å². The molecule has 2 saturated heterocycles. The molecule has 5 nitrogen and oxygen atoms in total. The zero-order chi connectivity index (χ0) is 25.3. The van der Waals surface area contributed by atoms with Crippen LogP contribution in [0.2, 0.25) is 0 Å². The summed E-state index contributed by atoms with van der Waals surface area (Å²) in [5, 5.41) is 0. The molecule has 0 aromatic rings. The maximum Gasteiger partial charge on any atom is 0.225 e. The van der Waals surface area contributed by atoms with Crippen LogP contribution in [-0.2, 0) is 14.3 Å². The molecule has 5 heteroatoms. The number of carbonyl (C=O) groups is 2. The van der Waals surface area contributed by atoms with E-state index in [4.69, 9.17) is 10.2 Å². The van der Waals surface area contributed by atoms with Crippen LogP contribution in [-0.4, -0.2) is 60.4 Å². The van der Waals surface area contributed by atoms with Gasteiger partial charge in [-0.25, -0.2) is 0 Å². The summed E-state index contributed by atoms with van der Waals surface area (Å²) >= 11 is 0. The van der Waals surface area contributed by atoms with Crippen LogP contribution in [0.3, 0.4) is 0 Å². The molecule has 2 aliphatic heterocycles. The van der Waals surface area contributed by atoms with E-state index in [1.54, 1.807) is 13.8 Å². The number of likely N-dealkylation sites (tertiary alicyclic amines) is 2. The van der Waals surface area contributed by atoms with E-state index in [0.717, 1.165) is 62.4 Å². The topological polar surface area (TPSA) is 49.9 Å². The fraction of sp³-hybridized carbons (Fsp3) is 0.920. The molecule has 3 aliphatic rings. The van der Waals surface area contributed by atoms with Crippen LogP contribution in [0.25, 0.3) is 0 Å². The summed E-state index contributed by atoms with van der Waals surface area (Å²) in [6.07, 6.45) is 5.41. The van der Waals surface area contributed by atoms with Gasteiger partial charge in [0.2, 0.25) is 11.8 Å². The first-order chi connectivity index (χ1) is 15.8. The van der Waals surface area contributed by atoms with Gasteiger partial charge in [-0.3, -0.25) is 9.59 Å². The summed E-state index contributed by atoms with van der Waals surface area (Å²) in [5.74, 6) is 1.23. The van der Waals surface area contributed by atoms with E-state index in [1.807, 2.05) is 4.90 Å². The predicted octanol–water partition coefficient (Wildman–Crippen LogP) is 4.35. The van der Waals surface area contributed by atoms with E-state index in [-0.39, 0.29) is 24.7 Å². The Morgan fingerprint density at radius 3 is 2.03 bits per heavy atom. The normalized spacial score (nSPS) is 32.5. The smallest absolute Gasteiger partial charge is 0.225 e. The maximum atomic E-state index is 13.0. The lowest BCUT2D eigenvalue weighted by Gasteiger charge is -2.38. The molecular formula is C25H44N2O3. The number of rotatable bonds is 6. The average molecular weight is 425 g/mol. The van der Waals surface area contributed by atoms with Crippen molar-refractivity contribution in [1.29, 1.82) is 0 Å². The fourth-order valence-corrected chi connectivity index (χ4v) is 4.93.